The number of aromatic nitrogens is 3. The van der Waals surface area contributed by atoms with Crippen molar-refractivity contribution in [3.63, 3.8) is 0 Å². The average Bonchev–Trinajstić information content (AvgIpc) is 2.57. The summed E-state index contributed by atoms with van der Waals surface area (Å²) in [6.45, 7) is 2.76. The Morgan fingerprint density at radius 1 is 1.38 bits per heavy atom. The lowest BCUT2D eigenvalue weighted by atomic mass is 10.2. The number of nitrogens with one attached hydrogen (secondary N) is 1. The average molecular weight is 216 g/mol. The largest absolute Gasteiger partial charge is 0.330 e. The summed E-state index contributed by atoms with van der Waals surface area (Å²) in [6, 6.07) is 5.92. The number of nitrogens with zero attached hydrogens (tertiary/aromatic N) is 3. The van der Waals surface area contributed by atoms with Crippen LogP contribution >= 0.6 is 0 Å². The van der Waals surface area contributed by atoms with Crippen molar-refractivity contribution in [3.05, 3.63) is 35.9 Å². The zero-order chi connectivity index (χ0) is 11.5. The monoisotopic (exact) mass is 216 g/mol. The fourth-order valence-electron chi connectivity index (χ4n) is 1.79. The van der Waals surface area contributed by atoms with Gasteiger partial charge in [-0.3, -0.25) is 4.98 Å². The highest BCUT2D eigenvalue weighted by molar-refractivity contribution is 5.58. The minimum Gasteiger partial charge on any atom is -0.330 e. The standard InChI is InChI=1S/C12H16N4/c1-9-15-11(8-13-2)12(16(9)3)10-6-4-5-7-14-10/h4-7,13H,8H2,1-3H3. The second kappa shape index (κ2) is 4.45. The van der Waals surface area contributed by atoms with Crippen molar-refractivity contribution in [1.82, 2.24) is 19.9 Å². The van der Waals surface area contributed by atoms with E-state index < -0.39 is 0 Å². The van der Waals surface area contributed by atoms with Crippen molar-refractivity contribution in [2.75, 3.05) is 7.05 Å². The summed E-state index contributed by atoms with van der Waals surface area (Å²) < 4.78 is 2.08. The highest BCUT2D eigenvalue weighted by atomic mass is 15.1. The molecule has 0 spiro atoms. The van der Waals surface area contributed by atoms with E-state index in [2.05, 4.69) is 19.9 Å². The number of imidazole rings is 1. The molecule has 0 saturated heterocycles. The Hall–Kier alpha value is -1.68. The van der Waals surface area contributed by atoms with Gasteiger partial charge >= 0.3 is 0 Å². The zero-order valence-electron chi connectivity index (χ0n) is 9.86. The molecule has 0 unspecified atom stereocenters. The van der Waals surface area contributed by atoms with Crippen molar-refractivity contribution in [3.8, 4) is 11.4 Å². The van der Waals surface area contributed by atoms with Crippen LogP contribution in [0.15, 0.2) is 24.4 Å². The van der Waals surface area contributed by atoms with Gasteiger partial charge in [0.15, 0.2) is 0 Å². The zero-order valence-corrected chi connectivity index (χ0v) is 9.86. The lowest BCUT2D eigenvalue weighted by Crippen LogP contribution is -2.07. The third kappa shape index (κ3) is 1.84. The molecule has 0 radical (unpaired) electrons. The molecule has 0 amide bonds. The molecule has 0 atom stereocenters. The van der Waals surface area contributed by atoms with Gasteiger partial charge in [0.05, 0.1) is 17.1 Å². The fourth-order valence-corrected chi connectivity index (χ4v) is 1.79. The lowest BCUT2D eigenvalue weighted by molar-refractivity contribution is 0.796. The van der Waals surface area contributed by atoms with E-state index in [1.54, 1.807) is 6.20 Å². The molecule has 0 aromatic carbocycles. The van der Waals surface area contributed by atoms with E-state index in [1.807, 2.05) is 39.2 Å². The fraction of sp³-hybridized carbons (Fsp3) is 0.333. The Bertz CT molecular complexity index is 473. The molecule has 2 aromatic heterocycles. The van der Waals surface area contributed by atoms with Crippen LogP contribution in [0.4, 0.5) is 0 Å². The SMILES string of the molecule is CNCc1nc(C)n(C)c1-c1ccccn1. The van der Waals surface area contributed by atoms with E-state index in [0.29, 0.717) is 0 Å². The summed E-state index contributed by atoms with van der Waals surface area (Å²) in [5.41, 5.74) is 3.10. The van der Waals surface area contributed by atoms with Gasteiger partial charge in [-0.1, -0.05) is 6.07 Å². The molecular formula is C12H16N4. The molecule has 4 heteroatoms. The van der Waals surface area contributed by atoms with Crippen LogP contribution in [0, 0.1) is 6.92 Å². The Morgan fingerprint density at radius 2 is 2.19 bits per heavy atom. The summed E-state index contributed by atoms with van der Waals surface area (Å²) in [5.74, 6) is 1.01. The Morgan fingerprint density at radius 3 is 2.81 bits per heavy atom. The summed E-state index contributed by atoms with van der Waals surface area (Å²) >= 11 is 0. The minimum atomic E-state index is 0.758. The van der Waals surface area contributed by atoms with Crippen molar-refractivity contribution >= 4 is 0 Å². The maximum absolute atomic E-state index is 4.54. The van der Waals surface area contributed by atoms with Gasteiger partial charge < -0.3 is 9.88 Å². The molecule has 84 valence electrons. The molecule has 0 aliphatic carbocycles. The van der Waals surface area contributed by atoms with Crippen LogP contribution in [-0.4, -0.2) is 21.6 Å². The molecule has 0 bridgehead atoms. The molecular weight excluding hydrogens is 200 g/mol. The maximum atomic E-state index is 4.54. The van der Waals surface area contributed by atoms with Gasteiger partial charge in [-0.2, -0.15) is 0 Å². The van der Waals surface area contributed by atoms with E-state index in [0.717, 1.165) is 29.5 Å². The van der Waals surface area contributed by atoms with Gasteiger partial charge in [0.2, 0.25) is 0 Å². The quantitative estimate of drug-likeness (QED) is 0.845. The van der Waals surface area contributed by atoms with Crippen LogP contribution in [0.25, 0.3) is 11.4 Å². The van der Waals surface area contributed by atoms with Crippen LogP contribution in [0.2, 0.25) is 0 Å². The van der Waals surface area contributed by atoms with E-state index in [9.17, 15) is 0 Å². The van der Waals surface area contributed by atoms with Gasteiger partial charge in [-0.15, -0.1) is 0 Å². The molecule has 2 aromatic rings. The van der Waals surface area contributed by atoms with Crippen molar-refractivity contribution in [2.24, 2.45) is 7.05 Å². The smallest absolute Gasteiger partial charge is 0.106 e. The van der Waals surface area contributed by atoms with Gasteiger partial charge in [0.1, 0.15) is 5.82 Å². The van der Waals surface area contributed by atoms with Gasteiger partial charge in [0, 0.05) is 19.8 Å². The lowest BCUT2D eigenvalue weighted by Gasteiger charge is -2.05. The molecule has 2 heterocycles. The van der Waals surface area contributed by atoms with Crippen LogP contribution in [0.1, 0.15) is 11.5 Å². The molecule has 1 N–H and O–H groups in total. The summed E-state index contributed by atoms with van der Waals surface area (Å²) in [7, 11) is 3.94. The Kier molecular flexibility index (Phi) is 3.01. The van der Waals surface area contributed by atoms with E-state index in [4.69, 9.17) is 0 Å². The topological polar surface area (TPSA) is 42.7 Å². The molecule has 0 saturated carbocycles. The summed E-state index contributed by atoms with van der Waals surface area (Å²) in [5, 5.41) is 3.13. The molecule has 0 fully saturated rings. The molecule has 0 aliphatic rings. The highest BCUT2D eigenvalue weighted by Crippen LogP contribution is 2.21. The predicted octanol–water partition coefficient (Wildman–Crippen LogP) is 1.51. The normalized spacial score (nSPS) is 10.7. The Labute approximate surface area is 95.4 Å². The molecule has 2 rings (SSSR count). The first-order valence-corrected chi connectivity index (χ1v) is 5.32. The number of hydrogen-bond donors (Lipinski definition) is 1. The molecule has 16 heavy (non-hydrogen) atoms. The first kappa shape index (κ1) is 10.8. The molecule has 0 aliphatic heterocycles. The first-order valence-electron chi connectivity index (χ1n) is 5.32. The van der Waals surface area contributed by atoms with Crippen LogP contribution in [-0.2, 0) is 13.6 Å². The first-order chi connectivity index (χ1) is 7.74. The van der Waals surface area contributed by atoms with E-state index >= 15 is 0 Å². The summed E-state index contributed by atoms with van der Waals surface area (Å²) in [4.78, 5) is 8.91. The van der Waals surface area contributed by atoms with Gasteiger partial charge in [-0.25, -0.2) is 4.98 Å². The third-order valence-corrected chi connectivity index (χ3v) is 2.64. The van der Waals surface area contributed by atoms with Crippen molar-refractivity contribution in [2.45, 2.75) is 13.5 Å². The highest BCUT2D eigenvalue weighted by Gasteiger charge is 2.13. The van der Waals surface area contributed by atoms with Crippen LogP contribution in [0.5, 0.6) is 0 Å². The predicted molar refractivity (Wildman–Crippen MR) is 63.9 cm³/mol. The summed E-state index contributed by atoms with van der Waals surface area (Å²) in [6.07, 6.45) is 1.81. The number of rotatable bonds is 3. The number of aryl methyl sites for hydroxylation is 1. The van der Waals surface area contributed by atoms with Crippen molar-refractivity contribution in [1.29, 1.82) is 0 Å². The van der Waals surface area contributed by atoms with Gasteiger partial charge in [-0.05, 0) is 26.1 Å². The third-order valence-electron chi connectivity index (χ3n) is 2.64. The maximum Gasteiger partial charge on any atom is 0.106 e. The minimum absolute atomic E-state index is 0.758. The van der Waals surface area contributed by atoms with Crippen molar-refractivity contribution < 1.29 is 0 Å². The Balaban J connectivity index is 2.54. The van der Waals surface area contributed by atoms with E-state index in [1.165, 1.54) is 0 Å². The van der Waals surface area contributed by atoms with E-state index in [-0.39, 0.29) is 0 Å². The van der Waals surface area contributed by atoms with Gasteiger partial charge in [0.25, 0.3) is 0 Å². The number of hydrogen-bond acceptors (Lipinski definition) is 3. The van der Waals surface area contributed by atoms with Crippen LogP contribution < -0.4 is 5.32 Å². The number of pyridine rings is 1. The second-order valence-corrected chi connectivity index (χ2v) is 3.76. The second-order valence-electron chi connectivity index (χ2n) is 3.76. The molecule has 4 nitrogen and oxygen atoms in total. The van der Waals surface area contributed by atoms with Crippen LogP contribution in [0.3, 0.4) is 0 Å².